The minimum atomic E-state index is 0.210. The van der Waals surface area contributed by atoms with E-state index in [1.807, 2.05) is 0 Å². The highest BCUT2D eigenvalue weighted by Gasteiger charge is 2.18. The summed E-state index contributed by atoms with van der Waals surface area (Å²) in [6, 6.07) is 6.90. The van der Waals surface area contributed by atoms with E-state index < -0.39 is 0 Å². The second-order valence-corrected chi connectivity index (χ2v) is 7.89. The predicted molar refractivity (Wildman–Crippen MR) is 84.8 cm³/mol. The average Bonchev–Trinajstić information content (AvgIpc) is 2.71. The number of aromatic amines is 1. The van der Waals surface area contributed by atoms with Gasteiger partial charge in [0.2, 0.25) is 0 Å². The van der Waals surface area contributed by atoms with Crippen LogP contribution in [-0.2, 0) is 11.8 Å². The zero-order valence-electron chi connectivity index (χ0n) is 13.2. The topological polar surface area (TPSA) is 15.8 Å². The third-order valence-electron chi connectivity index (χ3n) is 3.75. The van der Waals surface area contributed by atoms with Gasteiger partial charge < -0.3 is 4.98 Å². The summed E-state index contributed by atoms with van der Waals surface area (Å²) in [5, 5.41) is 1.34. The van der Waals surface area contributed by atoms with Crippen molar-refractivity contribution in [3.05, 3.63) is 35.5 Å². The van der Waals surface area contributed by atoms with E-state index in [-0.39, 0.29) is 5.41 Å². The maximum atomic E-state index is 3.40. The third kappa shape index (κ3) is 3.40. The quantitative estimate of drug-likeness (QED) is 0.737. The Bertz CT molecular complexity index is 561. The summed E-state index contributed by atoms with van der Waals surface area (Å²) in [5.41, 5.74) is 4.81. The van der Waals surface area contributed by atoms with Crippen LogP contribution >= 0.6 is 0 Å². The minimum Gasteiger partial charge on any atom is -0.361 e. The molecule has 0 atom stereocenters. The van der Waals surface area contributed by atoms with E-state index in [2.05, 4.69) is 70.9 Å². The van der Waals surface area contributed by atoms with E-state index in [9.17, 15) is 0 Å². The Kier molecular flexibility index (Phi) is 3.51. The SMILES string of the molecule is CC(C)(C)CCc1cc(C(C)(C)C)cc2cc[nH]c12. The second kappa shape index (κ2) is 4.70. The van der Waals surface area contributed by atoms with E-state index >= 15 is 0 Å². The molecular weight excluding hydrogens is 230 g/mol. The van der Waals surface area contributed by atoms with Gasteiger partial charge in [-0.25, -0.2) is 0 Å². The lowest BCUT2D eigenvalue weighted by Gasteiger charge is -2.22. The lowest BCUT2D eigenvalue weighted by Crippen LogP contribution is -2.12. The largest absolute Gasteiger partial charge is 0.361 e. The van der Waals surface area contributed by atoms with Crippen LogP contribution in [0, 0.1) is 5.41 Å². The molecule has 1 aromatic heterocycles. The third-order valence-corrected chi connectivity index (χ3v) is 3.75. The highest BCUT2D eigenvalue weighted by Crippen LogP contribution is 2.30. The van der Waals surface area contributed by atoms with Crippen LogP contribution < -0.4 is 0 Å². The van der Waals surface area contributed by atoms with E-state index in [0.717, 1.165) is 6.42 Å². The highest BCUT2D eigenvalue weighted by molar-refractivity contribution is 5.83. The molecule has 2 rings (SSSR count). The summed E-state index contributed by atoms with van der Waals surface area (Å²) in [6.07, 6.45) is 4.41. The van der Waals surface area contributed by atoms with Crippen molar-refractivity contribution in [3.63, 3.8) is 0 Å². The van der Waals surface area contributed by atoms with Gasteiger partial charge in [0.1, 0.15) is 0 Å². The summed E-state index contributed by atoms with van der Waals surface area (Å²) in [5.74, 6) is 0. The van der Waals surface area contributed by atoms with Crippen LogP contribution in [0.5, 0.6) is 0 Å². The number of rotatable bonds is 2. The van der Waals surface area contributed by atoms with Crippen molar-refractivity contribution in [1.82, 2.24) is 4.98 Å². The Balaban J connectivity index is 2.43. The first-order chi connectivity index (χ1) is 8.67. The van der Waals surface area contributed by atoms with Crippen molar-refractivity contribution in [1.29, 1.82) is 0 Å². The molecule has 1 N–H and O–H groups in total. The molecule has 0 saturated heterocycles. The first-order valence-corrected chi connectivity index (χ1v) is 7.27. The number of hydrogen-bond donors (Lipinski definition) is 1. The lowest BCUT2D eigenvalue weighted by molar-refractivity contribution is 0.378. The van der Waals surface area contributed by atoms with Crippen molar-refractivity contribution in [2.75, 3.05) is 0 Å². The standard InChI is InChI=1S/C18H27N/c1-17(2,3)9-7-13-11-15(18(4,5)6)12-14-8-10-19-16(13)14/h8,10-12,19H,7,9H2,1-6H3. The van der Waals surface area contributed by atoms with Gasteiger partial charge in [0.15, 0.2) is 0 Å². The van der Waals surface area contributed by atoms with Crippen LogP contribution in [-0.4, -0.2) is 4.98 Å². The van der Waals surface area contributed by atoms with E-state index in [1.54, 1.807) is 0 Å². The normalized spacial score (nSPS) is 13.2. The molecule has 0 radical (unpaired) electrons. The van der Waals surface area contributed by atoms with Gasteiger partial charge in [-0.1, -0.05) is 47.6 Å². The molecule has 0 spiro atoms. The number of hydrogen-bond acceptors (Lipinski definition) is 0. The molecule has 0 aliphatic heterocycles. The van der Waals surface area contributed by atoms with Crippen molar-refractivity contribution >= 4 is 10.9 Å². The Labute approximate surface area is 117 Å². The van der Waals surface area contributed by atoms with Crippen LogP contribution in [0.15, 0.2) is 24.4 Å². The van der Waals surface area contributed by atoms with Gasteiger partial charge in [-0.05, 0) is 52.3 Å². The number of aromatic nitrogens is 1. The molecule has 0 saturated carbocycles. The molecule has 0 unspecified atom stereocenters. The fraction of sp³-hybridized carbons (Fsp3) is 0.556. The van der Waals surface area contributed by atoms with Gasteiger partial charge in [0, 0.05) is 11.7 Å². The van der Waals surface area contributed by atoms with Gasteiger partial charge in [0.05, 0.1) is 0 Å². The van der Waals surface area contributed by atoms with Crippen LogP contribution in [0.3, 0.4) is 0 Å². The maximum Gasteiger partial charge on any atom is 0.0486 e. The van der Waals surface area contributed by atoms with Gasteiger partial charge in [-0.3, -0.25) is 0 Å². The van der Waals surface area contributed by atoms with Gasteiger partial charge in [0.25, 0.3) is 0 Å². The minimum absolute atomic E-state index is 0.210. The van der Waals surface area contributed by atoms with Crippen molar-refractivity contribution in [2.45, 2.75) is 59.8 Å². The molecule has 0 amide bonds. The molecule has 0 aliphatic carbocycles. The molecule has 1 heteroatoms. The lowest BCUT2D eigenvalue weighted by atomic mass is 9.83. The number of H-pyrrole nitrogens is 1. The van der Waals surface area contributed by atoms with Crippen LogP contribution in [0.25, 0.3) is 10.9 Å². The van der Waals surface area contributed by atoms with Crippen molar-refractivity contribution < 1.29 is 0 Å². The summed E-state index contributed by atoms with van der Waals surface area (Å²) in [7, 11) is 0. The molecule has 104 valence electrons. The molecule has 2 aromatic rings. The van der Waals surface area contributed by atoms with Gasteiger partial charge in [-0.15, -0.1) is 0 Å². The molecule has 0 fully saturated rings. The fourth-order valence-corrected chi connectivity index (χ4v) is 2.39. The van der Waals surface area contributed by atoms with Gasteiger partial charge in [-0.2, -0.15) is 0 Å². The zero-order valence-corrected chi connectivity index (χ0v) is 13.2. The number of aryl methyl sites for hydroxylation is 1. The van der Waals surface area contributed by atoms with Gasteiger partial charge >= 0.3 is 0 Å². The number of fused-ring (bicyclic) bond motifs is 1. The van der Waals surface area contributed by atoms with Crippen LogP contribution in [0.4, 0.5) is 0 Å². The first-order valence-electron chi connectivity index (χ1n) is 7.27. The van der Waals surface area contributed by atoms with E-state index in [1.165, 1.54) is 28.5 Å². The van der Waals surface area contributed by atoms with E-state index in [4.69, 9.17) is 0 Å². The first kappa shape index (κ1) is 14.2. The Morgan fingerprint density at radius 1 is 1.00 bits per heavy atom. The smallest absolute Gasteiger partial charge is 0.0486 e. The van der Waals surface area contributed by atoms with Crippen LogP contribution in [0.1, 0.15) is 59.1 Å². The fourth-order valence-electron chi connectivity index (χ4n) is 2.39. The molecule has 1 aromatic carbocycles. The second-order valence-electron chi connectivity index (χ2n) is 7.89. The monoisotopic (exact) mass is 257 g/mol. The molecule has 19 heavy (non-hydrogen) atoms. The summed E-state index contributed by atoms with van der Waals surface area (Å²) >= 11 is 0. The average molecular weight is 257 g/mol. The molecular formula is C18H27N. The Morgan fingerprint density at radius 2 is 1.68 bits per heavy atom. The highest BCUT2D eigenvalue weighted by atomic mass is 14.7. The zero-order chi connectivity index (χ0) is 14.3. The Morgan fingerprint density at radius 3 is 2.26 bits per heavy atom. The molecule has 1 nitrogen and oxygen atoms in total. The number of benzene rings is 1. The predicted octanol–water partition coefficient (Wildman–Crippen LogP) is 5.44. The number of nitrogens with one attached hydrogen (secondary N) is 1. The molecule has 1 heterocycles. The van der Waals surface area contributed by atoms with E-state index in [0.29, 0.717) is 5.41 Å². The molecule has 0 bridgehead atoms. The van der Waals surface area contributed by atoms with Crippen molar-refractivity contribution in [3.8, 4) is 0 Å². The summed E-state index contributed by atoms with van der Waals surface area (Å²) in [4.78, 5) is 3.40. The van der Waals surface area contributed by atoms with Crippen LogP contribution in [0.2, 0.25) is 0 Å². The summed E-state index contributed by atoms with van der Waals surface area (Å²) < 4.78 is 0. The Hall–Kier alpha value is -1.24. The van der Waals surface area contributed by atoms with Crippen molar-refractivity contribution in [2.24, 2.45) is 5.41 Å². The molecule has 0 aliphatic rings. The summed E-state index contributed by atoms with van der Waals surface area (Å²) in [6.45, 7) is 13.8. The maximum absolute atomic E-state index is 3.40.